The summed E-state index contributed by atoms with van der Waals surface area (Å²) in [5, 5.41) is 4.45. The van der Waals surface area contributed by atoms with Crippen molar-refractivity contribution in [2.75, 3.05) is 27.2 Å². The molecule has 1 aliphatic carbocycles. The van der Waals surface area contributed by atoms with Crippen LogP contribution >= 0.6 is 12.2 Å². The lowest BCUT2D eigenvalue weighted by Gasteiger charge is -2.29. The van der Waals surface area contributed by atoms with Crippen LogP contribution in [0, 0.1) is 13.8 Å². The van der Waals surface area contributed by atoms with Gasteiger partial charge in [0, 0.05) is 30.2 Å². The number of aryl methyl sites for hydroxylation is 1. The van der Waals surface area contributed by atoms with E-state index in [1.54, 1.807) is 0 Å². The van der Waals surface area contributed by atoms with Crippen molar-refractivity contribution in [3.8, 4) is 0 Å². The molecule has 1 aliphatic heterocycles. The van der Waals surface area contributed by atoms with Gasteiger partial charge in [0.1, 0.15) is 0 Å². The van der Waals surface area contributed by atoms with E-state index in [1.165, 1.54) is 42.6 Å². The molecule has 1 saturated heterocycles. The Bertz CT molecular complexity index is 869. The van der Waals surface area contributed by atoms with Crippen LogP contribution in [0.4, 0.5) is 0 Å². The molecule has 2 aromatic rings. The van der Waals surface area contributed by atoms with Crippen LogP contribution in [0.25, 0.3) is 0 Å². The second-order valence-corrected chi connectivity index (χ2v) is 9.50. The Labute approximate surface area is 186 Å². The lowest BCUT2D eigenvalue weighted by Crippen LogP contribution is -2.32. The third-order valence-electron chi connectivity index (χ3n) is 6.73. The van der Waals surface area contributed by atoms with Gasteiger partial charge in [-0.25, -0.2) is 0 Å². The first-order valence-corrected chi connectivity index (χ1v) is 11.7. The predicted molar refractivity (Wildman–Crippen MR) is 127 cm³/mol. The Kier molecular flexibility index (Phi) is 6.44. The van der Waals surface area contributed by atoms with E-state index < -0.39 is 0 Å². The number of pyridine rings is 1. The van der Waals surface area contributed by atoms with Crippen molar-refractivity contribution < 1.29 is 0 Å². The van der Waals surface area contributed by atoms with Crippen LogP contribution in [0.5, 0.6) is 0 Å². The Hall–Kier alpha value is -1.92. The van der Waals surface area contributed by atoms with Crippen LogP contribution in [-0.2, 0) is 0 Å². The smallest absolute Gasteiger partial charge is 0.170 e. The average molecular weight is 426 g/mol. The number of hydrogen-bond acceptors (Lipinski definition) is 3. The number of rotatable bonds is 7. The van der Waals surface area contributed by atoms with Crippen molar-refractivity contribution in [1.82, 2.24) is 24.7 Å². The Balaban J connectivity index is 1.71. The van der Waals surface area contributed by atoms with Crippen molar-refractivity contribution in [3.05, 3.63) is 53.1 Å². The number of nitrogens with one attached hydrogen (secondary N) is 1. The summed E-state index contributed by atoms with van der Waals surface area (Å²) in [5.41, 5.74) is 5.23. The standard InChI is InChI=1S/C24H35N5S/c1-17-16-20(18(2)29(17)19-10-5-6-11-19)23-22(21-12-7-8-13-25-21)26-24(30)28(23)15-9-14-27(3)4/h7-8,12-13,16,19,22-23H,5-6,9-11,14-15H2,1-4H3,(H,26,30)/t22-,23-/m0/s1. The zero-order valence-electron chi connectivity index (χ0n) is 18.8. The van der Waals surface area contributed by atoms with E-state index in [0.717, 1.165) is 30.3 Å². The molecular formula is C24H35N5S. The molecule has 2 atom stereocenters. The molecule has 2 fully saturated rings. The van der Waals surface area contributed by atoms with Crippen molar-refractivity contribution >= 4 is 17.3 Å². The molecule has 0 amide bonds. The third-order valence-corrected chi connectivity index (χ3v) is 7.09. The molecule has 3 heterocycles. The van der Waals surface area contributed by atoms with Crippen LogP contribution in [0.3, 0.4) is 0 Å². The maximum Gasteiger partial charge on any atom is 0.170 e. The predicted octanol–water partition coefficient (Wildman–Crippen LogP) is 4.54. The number of aromatic nitrogens is 2. The summed E-state index contributed by atoms with van der Waals surface area (Å²) >= 11 is 5.83. The van der Waals surface area contributed by atoms with E-state index in [1.807, 2.05) is 12.3 Å². The van der Waals surface area contributed by atoms with Crippen LogP contribution < -0.4 is 5.32 Å². The molecule has 0 aromatic carbocycles. The van der Waals surface area contributed by atoms with Gasteiger partial charge >= 0.3 is 0 Å². The molecule has 0 unspecified atom stereocenters. The number of hydrogen-bond donors (Lipinski definition) is 1. The zero-order chi connectivity index (χ0) is 21.3. The summed E-state index contributed by atoms with van der Waals surface area (Å²) in [5.74, 6) is 0. The molecule has 1 saturated carbocycles. The molecule has 0 spiro atoms. The minimum atomic E-state index is 0.0792. The SMILES string of the molecule is Cc1cc([C@H]2[C@H](c3ccccn3)NC(=S)N2CCCN(C)C)c(C)n1C1CCCC1. The summed E-state index contributed by atoms with van der Waals surface area (Å²) in [4.78, 5) is 9.33. The van der Waals surface area contributed by atoms with Crippen LogP contribution in [0.15, 0.2) is 30.5 Å². The molecule has 162 valence electrons. The van der Waals surface area contributed by atoms with E-state index in [9.17, 15) is 0 Å². The second-order valence-electron chi connectivity index (χ2n) is 9.11. The molecule has 2 aromatic heterocycles. The van der Waals surface area contributed by atoms with Gasteiger partial charge in [-0.2, -0.15) is 0 Å². The topological polar surface area (TPSA) is 36.3 Å². The fraction of sp³-hybridized carbons (Fsp3) is 0.583. The maximum atomic E-state index is 5.83. The summed E-state index contributed by atoms with van der Waals surface area (Å²) in [6.45, 7) is 6.57. The van der Waals surface area contributed by atoms with E-state index in [4.69, 9.17) is 12.2 Å². The first-order chi connectivity index (χ1) is 14.5. The van der Waals surface area contributed by atoms with E-state index in [-0.39, 0.29) is 12.1 Å². The van der Waals surface area contributed by atoms with Crippen LogP contribution in [0.2, 0.25) is 0 Å². The number of nitrogens with zero attached hydrogens (tertiary/aromatic N) is 4. The summed E-state index contributed by atoms with van der Waals surface area (Å²) in [6.07, 6.45) is 8.26. The Morgan fingerprint density at radius 1 is 1.20 bits per heavy atom. The molecule has 1 N–H and O–H groups in total. The van der Waals surface area contributed by atoms with Gasteiger partial charge in [-0.05, 0) is 89.7 Å². The first kappa shape index (κ1) is 21.3. The quantitative estimate of drug-likeness (QED) is 0.659. The normalized spacial score (nSPS) is 22.3. The van der Waals surface area contributed by atoms with Crippen molar-refractivity contribution in [2.24, 2.45) is 0 Å². The Morgan fingerprint density at radius 3 is 2.63 bits per heavy atom. The minimum Gasteiger partial charge on any atom is -0.352 e. The van der Waals surface area contributed by atoms with E-state index in [0.29, 0.717) is 6.04 Å². The monoisotopic (exact) mass is 425 g/mol. The van der Waals surface area contributed by atoms with Gasteiger partial charge < -0.3 is 19.7 Å². The highest BCUT2D eigenvalue weighted by molar-refractivity contribution is 7.80. The van der Waals surface area contributed by atoms with E-state index in [2.05, 4.69) is 70.8 Å². The molecule has 6 heteroatoms. The molecule has 5 nitrogen and oxygen atoms in total. The van der Waals surface area contributed by atoms with E-state index >= 15 is 0 Å². The average Bonchev–Trinajstić information content (AvgIpc) is 3.41. The van der Waals surface area contributed by atoms with Gasteiger partial charge in [0.15, 0.2) is 5.11 Å². The Morgan fingerprint density at radius 2 is 1.97 bits per heavy atom. The lowest BCUT2D eigenvalue weighted by atomic mass is 9.96. The highest BCUT2D eigenvalue weighted by Gasteiger charge is 2.41. The maximum absolute atomic E-state index is 5.83. The van der Waals surface area contributed by atoms with Crippen molar-refractivity contribution in [2.45, 2.75) is 64.1 Å². The first-order valence-electron chi connectivity index (χ1n) is 11.3. The molecule has 0 bridgehead atoms. The summed E-state index contributed by atoms with van der Waals surface area (Å²) < 4.78 is 2.59. The molecular weight excluding hydrogens is 390 g/mol. The summed E-state index contributed by atoms with van der Waals surface area (Å²) in [7, 11) is 4.26. The van der Waals surface area contributed by atoms with Gasteiger partial charge in [-0.1, -0.05) is 18.9 Å². The molecule has 2 aliphatic rings. The molecule has 30 heavy (non-hydrogen) atoms. The van der Waals surface area contributed by atoms with Gasteiger partial charge in [-0.15, -0.1) is 0 Å². The fourth-order valence-corrected chi connectivity index (χ4v) is 5.70. The van der Waals surface area contributed by atoms with Crippen molar-refractivity contribution in [1.29, 1.82) is 0 Å². The summed E-state index contributed by atoms with van der Waals surface area (Å²) in [6, 6.07) is 9.48. The highest BCUT2D eigenvalue weighted by atomic mass is 32.1. The van der Waals surface area contributed by atoms with Gasteiger partial charge in [-0.3, -0.25) is 4.98 Å². The third kappa shape index (κ3) is 4.12. The highest BCUT2D eigenvalue weighted by Crippen LogP contribution is 2.42. The largest absolute Gasteiger partial charge is 0.352 e. The van der Waals surface area contributed by atoms with Gasteiger partial charge in [0.05, 0.1) is 17.8 Å². The number of thiocarbonyl (C=S) groups is 1. The molecule has 4 rings (SSSR count). The van der Waals surface area contributed by atoms with Gasteiger partial charge in [0.2, 0.25) is 0 Å². The zero-order valence-corrected chi connectivity index (χ0v) is 19.6. The minimum absolute atomic E-state index is 0.0792. The lowest BCUT2D eigenvalue weighted by molar-refractivity contribution is 0.291. The van der Waals surface area contributed by atoms with Gasteiger partial charge in [0.25, 0.3) is 0 Å². The van der Waals surface area contributed by atoms with Crippen LogP contribution in [-0.4, -0.2) is 51.6 Å². The fourth-order valence-electron chi connectivity index (χ4n) is 5.37. The molecule has 0 radical (unpaired) electrons. The van der Waals surface area contributed by atoms with Crippen LogP contribution in [0.1, 0.15) is 72.9 Å². The van der Waals surface area contributed by atoms with Crippen molar-refractivity contribution in [3.63, 3.8) is 0 Å². The second kappa shape index (κ2) is 9.06.